The molecule has 5 nitrogen and oxygen atoms in total. The van der Waals surface area contributed by atoms with Gasteiger partial charge in [-0.05, 0) is 68.2 Å². The van der Waals surface area contributed by atoms with E-state index in [-0.39, 0.29) is 6.04 Å². The fraction of sp³-hybridized carbons (Fsp3) is 0.200. The Morgan fingerprint density at radius 3 is 2.50 bits per heavy atom. The number of hydrogen-bond donors (Lipinski definition) is 1. The average molecular weight is 563 g/mol. The predicted octanol–water partition coefficient (Wildman–Crippen LogP) is 7.92. The van der Waals surface area contributed by atoms with Gasteiger partial charge in [-0.15, -0.1) is 22.7 Å². The van der Waals surface area contributed by atoms with E-state index in [1.54, 1.807) is 11.8 Å². The Hall–Kier alpha value is -3.57. The van der Waals surface area contributed by atoms with Gasteiger partial charge >= 0.3 is 5.97 Å². The lowest BCUT2D eigenvalue weighted by atomic mass is 10.1. The zero-order valence-corrected chi connectivity index (χ0v) is 23.7. The molecule has 2 aromatic carbocycles. The first-order chi connectivity index (χ1) is 18.4. The number of aromatic nitrogens is 1. The SMILES string of the molecule is CCOC=C(CN(c1cc(-c2ccc(C#Cc3cscn3)cc2)sc1C(=O)O)C(C)C)c1ccc(Cl)cc1. The van der Waals surface area contributed by atoms with Crippen molar-refractivity contribution in [3.8, 4) is 22.3 Å². The van der Waals surface area contributed by atoms with Gasteiger partial charge in [0.05, 0.1) is 24.1 Å². The Kier molecular flexibility index (Phi) is 9.24. The number of rotatable bonds is 9. The van der Waals surface area contributed by atoms with Gasteiger partial charge in [0, 0.05) is 39.0 Å². The lowest BCUT2D eigenvalue weighted by Crippen LogP contribution is -2.33. The molecular weight excluding hydrogens is 536 g/mol. The fourth-order valence-electron chi connectivity index (χ4n) is 3.79. The van der Waals surface area contributed by atoms with Gasteiger partial charge in [-0.25, -0.2) is 9.78 Å². The topological polar surface area (TPSA) is 62.7 Å². The van der Waals surface area contributed by atoms with Crippen LogP contribution in [0.2, 0.25) is 5.02 Å². The third-order valence-electron chi connectivity index (χ3n) is 5.72. The number of aromatic carboxylic acids is 1. The minimum atomic E-state index is -0.950. The number of carboxylic acids is 1. The molecule has 0 spiro atoms. The molecule has 0 unspecified atom stereocenters. The first-order valence-corrected chi connectivity index (χ1v) is 14.2. The van der Waals surface area contributed by atoms with Gasteiger partial charge in [0.2, 0.25) is 0 Å². The third kappa shape index (κ3) is 6.84. The highest BCUT2D eigenvalue weighted by molar-refractivity contribution is 7.18. The Morgan fingerprint density at radius 2 is 1.89 bits per heavy atom. The number of halogens is 1. The van der Waals surface area contributed by atoms with Crippen molar-refractivity contribution < 1.29 is 14.6 Å². The number of thiophene rings is 1. The van der Waals surface area contributed by atoms with E-state index in [4.69, 9.17) is 16.3 Å². The van der Waals surface area contributed by atoms with Crippen LogP contribution in [0.25, 0.3) is 16.0 Å². The Bertz CT molecular complexity index is 1460. The molecular formula is C30H27ClN2O3S2. The van der Waals surface area contributed by atoms with Crippen LogP contribution in [0.4, 0.5) is 5.69 Å². The molecule has 1 N–H and O–H groups in total. The van der Waals surface area contributed by atoms with Crippen molar-refractivity contribution in [2.75, 3.05) is 18.1 Å². The van der Waals surface area contributed by atoms with Crippen molar-refractivity contribution in [2.45, 2.75) is 26.8 Å². The highest BCUT2D eigenvalue weighted by Crippen LogP contribution is 2.38. The minimum Gasteiger partial charge on any atom is -0.501 e. The van der Waals surface area contributed by atoms with Gasteiger partial charge in [-0.2, -0.15) is 0 Å². The summed E-state index contributed by atoms with van der Waals surface area (Å²) in [5.74, 6) is 5.22. The number of benzene rings is 2. The maximum Gasteiger partial charge on any atom is 0.348 e. The maximum absolute atomic E-state index is 12.3. The average Bonchev–Trinajstić information content (AvgIpc) is 3.59. The van der Waals surface area contributed by atoms with Crippen LogP contribution in [0.1, 0.15) is 47.3 Å². The van der Waals surface area contributed by atoms with Crippen LogP contribution in [0, 0.1) is 11.8 Å². The van der Waals surface area contributed by atoms with Crippen LogP contribution in [-0.2, 0) is 4.74 Å². The summed E-state index contributed by atoms with van der Waals surface area (Å²) >= 11 is 8.89. The Morgan fingerprint density at radius 1 is 1.16 bits per heavy atom. The smallest absolute Gasteiger partial charge is 0.348 e. The third-order valence-corrected chi connectivity index (χ3v) is 7.72. The molecule has 0 aliphatic rings. The molecule has 0 bridgehead atoms. The molecule has 0 saturated carbocycles. The summed E-state index contributed by atoms with van der Waals surface area (Å²) in [5, 5.41) is 12.7. The molecule has 0 fully saturated rings. The lowest BCUT2D eigenvalue weighted by molar-refractivity contribution is 0.0702. The van der Waals surface area contributed by atoms with Crippen LogP contribution < -0.4 is 4.90 Å². The van der Waals surface area contributed by atoms with E-state index in [2.05, 4.69) is 35.6 Å². The number of ether oxygens (including phenoxy) is 1. The zero-order chi connectivity index (χ0) is 27.1. The molecule has 0 aliphatic carbocycles. The number of hydrogen-bond acceptors (Lipinski definition) is 6. The highest BCUT2D eigenvalue weighted by Gasteiger charge is 2.24. The van der Waals surface area contributed by atoms with Gasteiger partial charge in [0.1, 0.15) is 10.6 Å². The molecule has 2 aromatic heterocycles. The fourth-order valence-corrected chi connectivity index (χ4v) is 5.41. The van der Waals surface area contributed by atoms with Gasteiger partial charge in [-0.1, -0.05) is 41.8 Å². The summed E-state index contributed by atoms with van der Waals surface area (Å²) in [7, 11) is 0. The van der Waals surface area contributed by atoms with Crippen LogP contribution in [0.15, 0.2) is 71.7 Å². The van der Waals surface area contributed by atoms with Crippen LogP contribution >= 0.6 is 34.3 Å². The Balaban J connectivity index is 1.66. The van der Waals surface area contributed by atoms with Crippen molar-refractivity contribution in [3.63, 3.8) is 0 Å². The second-order valence-electron chi connectivity index (χ2n) is 8.66. The van der Waals surface area contributed by atoms with E-state index in [1.807, 2.05) is 66.9 Å². The molecule has 4 rings (SSSR count). The number of thiazole rings is 1. The molecule has 0 amide bonds. The van der Waals surface area contributed by atoms with E-state index < -0.39 is 5.97 Å². The van der Waals surface area contributed by atoms with Crippen LogP contribution in [-0.4, -0.2) is 35.3 Å². The van der Waals surface area contributed by atoms with E-state index in [0.29, 0.717) is 28.7 Å². The highest BCUT2D eigenvalue weighted by atomic mass is 35.5. The summed E-state index contributed by atoms with van der Waals surface area (Å²) in [5.41, 5.74) is 6.89. The van der Waals surface area contributed by atoms with Crippen molar-refractivity contribution in [3.05, 3.63) is 98.5 Å². The van der Waals surface area contributed by atoms with Crippen molar-refractivity contribution >= 4 is 51.5 Å². The molecule has 38 heavy (non-hydrogen) atoms. The molecule has 0 radical (unpaired) electrons. The molecule has 8 heteroatoms. The second kappa shape index (κ2) is 12.8. The number of nitrogens with zero attached hydrogens (tertiary/aromatic N) is 2. The number of carbonyl (C=O) groups is 1. The van der Waals surface area contributed by atoms with Gasteiger partial charge in [0.25, 0.3) is 0 Å². The zero-order valence-electron chi connectivity index (χ0n) is 21.3. The van der Waals surface area contributed by atoms with Gasteiger partial charge in [-0.3, -0.25) is 0 Å². The van der Waals surface area contributed by atoms with Crippen molar-refractivity contribution in [2.24, 2.45) is 0 Å². The molecule has 0 atom stereocenters. The monoisotopic (exact) mass is 562 g/mol. The van der Waals surface area contributed by atoms with E-state index >= 15 is 0 Å². The molecule has 0 saturated heterocycles. The maximum atomic E-state index is 12.3. The molecule has 194 valence electrons. The number of anilines is 1. The summed E-state index contributed by atoms with van der Waals surface area (Å²) in [6, 6.07) is 17.4. The van der Waals surface area contributed by atoms with Gasteiger partial charge in [0.15, 0.2) is 0 Å². The summed E-state index contributed by atoms with van der Waals surface area (Å²) in [6.07, 6.45) is 1.75. The second-order valence-corrected chi connectivity index (χ2v) is 10.9. The summed E-state index contributed by atoms with van der Waals surface area (Å²) in [6.45, 7) is 7.05. The molecule has 2 heterocycles. The van der Waals surface area contributed by atoms with Crippen LogP contribution in [0.5, 0.6) is 0 Å². The molecule has 0 aliphatic heterocycles. The standard InChI is InChI=1S/C30H27ClN2O3S2/c1-4-36-17-24(22-10-12-25(31)13-11-22)16-33(20(2)3)27-15-28(38-29(27)30(34)35)23-8-5-21(6-9-23)7-14-26-18-37-19-32-26/h5-6,8-13,15,17-20H,4,16H2,1-3H3,(H,34,35). The van der Waals surface area contributed by atoms with Crippen molar-refractivity contribution in [1.82, 2.24) is 4.98 Å². The number of carboxylic acid groups (broad SMARTS) is 1. The minimum absolute atomic E-state index is 0.0382. The lowest BCUT2D eigenvalue weighted by Gasteiger charge is -2.30. The van der Waals surface area contributed by atoms with E-state index in [0.717, 1.165) is 32.8 Å². The summed E-state index contributed by atoms with van der Waals surface area (Å²) in [4.78, 5) is 19.8. The van der Waals surface area contributed by atoms with E-state index in [1.165, 1.54) is 22.7 Å². The quantitative estimate of drug-likeness (QED) is 0.166. The van der Waals surface area contributed by atoms with Crippen LogP contribution in [0.3, 0.4) is 0 Å². The summed E-state index contributed by atoms with van der Waals surface area (Å²) < 4.78 is 5.65. The van der Waals surface area contributed by atoms with E-state index in [9.17, 15) is 9.90 Å². The Labute approximate surface area is 236 Å². The predicted molar refractivity (Wildman–Crippen MR) is 158 cm³/mol. The van der Waals surface area contributed by atoms with Crippen molar-refractivity contribution in [1.29, 1.82) is 0 Å². The first kappa shape index (κ1) is 27.5. The normalized spacial score (nSPS) is 11.2. The van der Waals surface area contributed by atoms with Gasteiger partial charge < -0.3 is 14.7 Å². The largest absolute Gasteiger partial charge is 0.501 e. The molecule has 4 aromatic rings. The first-order valence-electron chi connectivity index (χ1n) is 12.1.